The Morgan fingerprint density at radius 1 is 1.19 bits per heavy atom. The van der Waals surface area contributed by atoms with Crippen LogP contribution in [0.25, 0.3) is 0 Å². The third-order valence-corrected chi connectivity index (χ3v) is 4.70. The van der Waals surface area contributed by atoms with Crippen LogP contribution in [0.4, 0.5) is 11.4 Å². The Labute approximate surface area is 151 Å². The fourth-order valence-corrected chi connectivity index (χ4v) is 3.28. The van der Waals surface area contributed by atoms with Crippen molar-refractivity contribution in [2.45, 2.75) is 18.4 Å². The molecular weight excluding hydrogens is 334 g/mol. The summed E-state index contributed by atoms with van der Waals surface area (Å²) >= 11 is 0. The molecule has 0 unspecified atom stereocenters. The minimum Gasteiger partial charge on any atom is -0.450 e. The van der Waals surface area contributed by atoms with E-state index in [9.17, 15) is 14.9 Å². The summed E-state index contributed by atoms with van der Waals surface area (Å²) in [6.07, 6.45) is 1.30. The zero-order chi connectivity index (χ0) is 18.6. The molecule has 1 aliphatic heterocycles. The molecule has 3 rings (SSSR count). The van der Waals surface area contributed by atoms with E-state index in [1.807, 2.05) is 30.3 Å². The highest BCUT2D eigenvalue weighted by Gasteiger charge is 2.38. The molecule has 1 saturated heterocycles. The van der Waals surface area contributed by atoms with Crippen LogP contribution in [0.1, 0.15) is 28.8 Å². The lowest BCUT2D eigenvalue weighted by Crippen LogP contribution is -2.43. The first kappa shape index (κ1) is 17.9. The number of esters is 1. The summed E-state index contributed by atoms with van der Waals surface area (Å²) in [5.74, 6) is -0.554. The molecule has 7 nitrogen and oxygen atoms in total. The van der Waals surface area contributed by atoms with Gasteiger partial charge in [-0.3, -0.25) is 10.1 Å². The van der Waals surface area contributed by atoms with Crippen molar-refractivity contribution in [2.24, 2.45) is 0 Å². The topological polar surface area (TPSA) is 93.5 Å². The number of carbonyl (C=O) groups excluding carboxylic acids is 1. The molecule has 1 aliphatic rings. The van der Waals surface area contributed by atoms with Crippen LogP contribution in [0, 0.1) is 10.1 Å². The van der Waals surface area contributed by atoms with Crippen LogP contribution in [-0.4, -0.2) is 31.0 Å². The number of hydrogen-bond donors (Lipinski definition) is 2. The Kier molecular flexibility index (Phi) is 5.18. The van der Waals surface area contributed by atoms with E-state index in [1.165, 1.54) is 12.1 Å². The van der Waals surface area contributed by atoms with Gasteiger partial charge in [0, 0.05) is 26.0 Å². The van der Waals surface area contributed by atoms with E-state index in [-0.39, 0.29) is 11.3 Å². The van der Waals surface area contributed by atoms with Crippen molar-refractivity contribution in [3.8, 4) is 0 Å². The molecular formula is C19H21N3O4. The molecule has 0 spiro atoms. The number of nitrogens with one attached hydrogen (secondary N) is 2. The lowest BCUT2D eigenvalue weighted by molar-refractivity contribution is -0.384. The lowest BCUT2D eigenvalue weighted by atomic mass is 9.84. The minimum absolute atomic E-state index is 0.152. The molecule has 0 aliphatic carbocycles. The van der Waals surface area contributed by atoms with Crippen molar-refractivity contribution in [3.05, 3.63) is 69.8 Å². The summed E-state index contributed by atoms with van der Waals surface area (Å²) in [5, 5.41) is 17.3. The first-order valence-corrected chi connectivity index (χ1v) is 8.51. The van der Waals surface area contributed by atoms with Gasteiger partial charge in [0.25, 0.3) is 5.69 Å². The van der Waals surface area contributed by atoms with Crippen molar-refractivity contribution in [3.63, 3.8) is 0 Å². The molecule has 1 fully saturated rings. The lowest BCUT2D eigenvalue weighted by Gasteiger charge is -2.37. The van der Waals surface area contributed by atoms with Gasteiger partial charge in [-0.15, -0.1) is 0 Å². The van der Waals surface area contributed by atoms with E-state index in [1.54, 1.807) is 13.1 Å². The summed E-state index contributed by atoms with van der Waals surface area (Å²) in [7, 11) is 1.60. The van der Waals surface area contributed by atoms with Gasteiger partial charge in [-0.2, -0.15) is 0 Å². The number of ether oxygens (including phenoxy) is 1. The fourth-order valence-electron chi connectivity index (χ4n) is 3.28. The van der Waals surface area contributed by atoms with Gasteiger partial charge < -0.3 is 15.4 Å². The SMILES string of the molecule is CNc1ccc(C(=O)OC2(c3ccccc3)CCNCC2)cc1[N+](=O)[O-]. The van der Waals surface area contributed by atoms with E-state index < -0.39 is 16.5 Å². The molecule has 0 radical (unpaired) electrons. The van der Waals surface area contributed by atoms with Gasteiger partial charge >= 0.3 is 5.97 Å². The number of hydrogen-bond acceptors (Lipinski definition) is 6. The molecule has 0 atom stereocenters. The maximum atomic E-state index is 12.8. The number of benzene rings is 2. The van der Waals surface area contributed by atoms with Crippen LogP contribution in [0.5, 0.6) is 0 Å². The quantitative estimate of drug-likeness (QED) is 0.486. The summed E-state index contributed by atoms with van der Waals surface area (Å²) < 4.78 is 5.94. The van der Waals surface area contributed by atoms with E-state index in [0.717, 1.165) is 18.7 Å². The molecule has 0 amide bonds. The van der Waals surface area contributed by atoms with Gasteiger partial charge in [0.2, 0.25) is 0 Å². The second-order valence-electron chi connectivity index (χ2n) is 6.24. The third-order valence-electron chi connectivity index (χ3n) is 4.70. The van der Waals surface area contributed by atoms with Crippen LogP contribution in [0.15, 0.2) is 48.5 Å². The van der Waals surface area contributed by atoms with E-state index in [2.05, 4.69) is 10.6 Å². The molecule has 2 aromatic rings. The van der Waals surface area contributed by atoms with Gasteiger partial charge in [-0.05, 0) is 30.8 Å². The number of carbonyl (C=O) groups is 1. The van der Waals surface area contributed by atoms with Crippen LogP contribution in [-0.2, 0) is 10.3 Å². The van der Waals surface area contributed by atoms with Gasteiger partial charge in [-0.25, -0.2) is 4.79 Å². The predicted molar refractivity (Wildman–Crippen MR) is 98.3 cm³/mol. The van der Waals surface area contributed by atoms with Crippen molar-refractivity contribution >= 4 is 17.3 Å². The smallest absolute Gasteiger partial charge is 0.339 e. The maximum absolute atomic E-state index is 12.8. The van der Waals surface area contributed by atoms with Crippen LogP contribution in [0.2, 0.25) is 0 Å². The predicted octanol–water partition coefficient (Wildman–Crippen LogP) is 3.07. The van der Waals surface area contributed by atoms with E-state index in [0.29, 0.717) is 18.5 Å². The average molecular weight is 355 g/mol. The van der Waals surface area contributed by atoms with Crippen LogP contribution >= 0.6 is 0 Å². The second kappa shape index (κ2) is 7.53. The van der Waals surface area contributed by atoms with Crippen molar-refractivity contribution in [2.75, 3.05) is 25.5 Å². The molecule has 0 saturated carbocycles. The molecule has 1 heterocycles. The Morgan fingerprint density at radius 3 is 2.50 bits per heavy atom. The Bertz CT molecular complexity index is 802. The molecule has 0 bridgehead atoms. The number of nitro benzene ring substituents is 1. The summed E-state index contributed by atoms with van der Waals surface area (Å²) in [6.45, 7) is 1.47. The number of piperidine rings is 1. The molecule has 136 valence electrons. The zero-order valence-corrected chi connectivity index (χ0v) is 14.5. The first-order valence-electron chi connectivity index (χ1n) is 8.51. The van der Waals surface area contributed by atoms with Crippen LogP contribution in [0.3, 0.4) is 0 Å². The Morgan fingerprint density at radius 2 is 1.88 bits per heavy atom. The van der Waals surface area contributed by atoms with Crippen molar-refractivity contribution in [1.82, 2.24) is 5.32 Å². The highest BCUT2D eigenvalue weighted by atomic mass is 16.6. The highest BCUT2D eigenvalue weighted by Crippen LogP contribution is 2.36. The van der Waals surface area contributed by atoms with Crippen molar-refractivity contribution < 1.29 is 14.5 Å². The average Bonchev–Trinajstić information content (AvgIpc) is 2.68. The monoisotopic (exact) mass is 355 g/mol. The standard InChI is InChI=1S/C19H21N3O4/c1-20-16-8-7-14(13-17(16)22(24)25)18(23)26-19(9-11-21-12-10-19)15-5-3-2-4-6-15/h2-8,13,20-21H,9-12H2,1H3. The maximum Gasteiger partial charge on any atom is 0.339 e. The summed E-state index contributed by atoms with van der Waals surface area (Å²) in [5.41, 5.74) is 0.591. The van der Waals surface area contributed by atoms with Gasteiger partial charge in [0.05, 0.1) is 10.5 Å². The van der Waals surface area contributed by atoms with Crippen molar-refractivity contribution in [1.29, 1.82) is 0 Å². The number of nitrogens with zero attached hydrogens (tertiary/aromatic N) is 1. The largest absolute Gasteiger partial charge is 0.450 e. The summed E-state index contributed by atoms with van der Waals surface area (Å²) in [6, 6.07) is 14.0. The Balaban J connectivity index is 1.91. The second-order valence-corrected chi connectivity index (χ2v) is 6.24. The molecule has 2 aromatic carbocycles. The van der Waals surface area contributed by atoms with Crippen LogP contribution < -0.4 is 10.6 Å². The molecule has 2 N–H and O–H groups in total. The van der Waals surface area contributed by atoms with Gasteiger partial charge in [0.1, 0.15) is 11.3 Å². The summed E-state index contributed by atoms with van der Waals surface area (Å²) in [4.78, 5) is 23.5. The number of rotatable bonds is 5. The van der Waals surface area contributed by atoms with E-state index in [4.69, 9.17) is 4.74 Å². The zero-order valence-electron chi connectivity index (χ0n) is 14.5. The fraction of sp³-hybridized carbons (Fsp3) is 0.316. The molecule has 0 aromatic heterocycles. The normalized spacial score (nSPS) is 15.9. The Hall–Kier alpha value is -2.93. The number of anilines is 1. The van der Waals surface area contributed by atoms with E-state index >= 15 is 0 Å². The number of nitro groups is 1. The molecule has 7 heteroatoms. The first-order chi connectivity index (χ1) is 12.6. The molecule has 26 heavy (non-hydrogen) atoms. The minimum atomic E-state index is -0.722. The third kappa shape index (κ3) is 3.52. The van der Waals surface area contributed by atoms with Gasteiger partial charge in [-0.1, -0.05) is 30.3 Å². The highest BCUT2D eigenvalue weighted by molar-refractivity contribution is 5.91. The van der Waals surface area contributed by atoms with Gasteiger partial charge in [0.15, 0.2) is 0 Å².